The third-order valence-corrected chi connectivity index (χ3v) is 9.10. The largest absolute Gasteiger partial charge is 0.484 e. The predicted octanol–water partition coefficient (Wildman–Crippen LogP) is 5.52. The molecule has 2 heterocycles. The summed E-state index contributed by atoms with van der Waals surface area (Å²) in [6.07, 6.45) is 0. The van der Waals surface area contributed by atoms with E-state index in [9.17, 15) is 19.2 Å². The van der Waals surface area contributed by atoms with E-state index >= 15 is 0 Å². The number of benzene rings is 2. The third-order valence-electron chi connectivity index (χ3n) is 6.58. The molecular weight excluding hydrogens is 666 g/mol. The van der Waals surface area contributed by atoms with Crippen LogP contribution in [0.15, 0.2) is 59.8 Å². The number of nitrogens with one attached hydrogen (secondary N) is 2. The summed E-state index contributed by atoms with van der Waals surface area (Å²) in [5, 5.41) is 14.7. The maximum atomic E-state index is 13.4. The van der Waals surface area contributed by atoms with Crippen molar-refractivity contribution in [2.45, 2.75) is 51.2 Å². The zero-order valence-electron chi connectivity index (χ0n) is 26.2. The molecule has 0 aliphatic carbocycles. The Kier molecular flexibility index (Phi) is 12.8. The van der Waals surface area contributed by atoms with E-state index in [0.29, 0.717) is 33.9 Å². The molecule has 4 rings (SSSR count). The molecule has 0 spiro atoms. The van der Waals surface area contributed by atoms with Crippen molar-refractivity contribution >= 4 is 63.5 Å². The number of hydrogen-bond donors (Lipinski definition) is 2. The first kappa shape index (κ1) is 35.5. The Bertz CT molecular complexity index is 1710. The summed E-state index contributed by atoms with van der Waals surface area (Å²) in [6.45, 7) is 7.18. The zero-order valence-corrected chi connectivity index (χ0v) is 28.6. The molecule has 0 saturated carbocycles. The van der Waals surface area contributed by atoms with Gasteiger partial charge in [-0.25, -0.2) is 9.59 Å². The summed E-state index contributed by atoms with van der Waals surface area (Å²) in [4.78, 5) is 51.5. The first-order chi connectivity index (χ1) is 22.6. The van der Waals surface area contributed by atoms with Gasteiger partial charge in [0.05, 0.1) is 37.1 Å². The molecule has 0 bridgehead atoms. The Morgan fingerprint density at radius 1 is 0.979 bits per heavy atom. The van der Waals surface area contributed by atoms with Crippen molar-refractivity contribution in [1.29, 1.82) is 0 Å². The number of thiophene rings is 1. The van der Waals surface area contributed by atoms with Crippen LogP contribution in [0.2, 0.25) is 5.02 Å². The van der Waals surface area contributed by atoms with Crippen molar-refractivity contribution in [3.8, 4) is 5.75 Å². The summed E-state index contributed by atoms with van der Waals surface area (Å²) in [5.74, 6) is -1.05. The van der Waals surface area contributed by atoms with Gasteiger partial charge < -0.3 is 29.4 Å². The summed E-state index contributed by atoms with van der Waals surface area (Å²) in [7, 11) is 0. The molecule has 2 aromatic heterocycles. The van der Waals surface area contributed by atoms with Crippen LogP contribution in [0, 0.1) is 6.92 Å². The van der Waals surface area contributed by atoms with Gasteiger partial charge in [-0.2, -0.15) is 0 Å². The van der Waals surface area contributed by atoms with Crippen LogP contribution in [0.25, 0.3) is 0 Å². The number of amides is 2. The molecule has 0 radical (unpaired) electrons. The lowest BCUT2D eigenvalue weighted by Gasteiger charge is -2.14. The Balaban J connectivity index is 1.49. The molecule has 2 aromatic carbocycles. The van der Waals surface area contributed by atoms with Gasteiger partial charge in [0.15, 0.2) is 17.6 Å². The molecule has 0 aliphatic heterocycles. The summed E-state index contributed by atoms with van der Waals surface area (Å²) in [5.41, 5.74) is 1.44. The van der Waals surface area contributed by atoms with Crippen molar-refractivity contribution in [3.63, 3.8) is 0 Å². The lowest BCUT2D eigenvalue weighted by Crippen LogP contribution is -2.29. The number of ether oxygens (including phenoxy) is 3. The highest BCUT2D eigenvalue weighted by atomic mass is 35.5. The highest BCUT2D eigenvalue weighted by Crippen LogP contribution is 2.35. The second-order valence-corrected chi connectivity index (χ2v) is 12.7. The van der Waals surface area contributed by atoms with Gasteiger partial charge >= 0.3 is 11.9 Å². The van der Waals surface area contributed by atoms with Crippen molar-refractivity contribution in [1.82, 2.24) is 20.1 Å². The Hall–Kier alpha value is -4.40. The number of esters is 2. The number of carbonyl (C=O) groups is 4. The van der Waals surface area contributed by atoms with Crippen LogP contribution in [-0.2, 0) is 32.2 Å². The minimum atomic E-state index is -0.701. The molecule has 0 fully saturated rings. The van der Waals surface area contributed by atoms with E-state index in [-0.39, 0.29) is 47.7 Å². The average molecular weight is 700 g/mol. The van der Waals surface area contributed by atoms with Crippen molar-refractivity contribution in [3.05, 3.63) is 87.0 Å². The fourth-order valence-electron chi connectivity index (χ4n) is 4.24. The Labute approximate surface area is 285 Å². The number of aromatic nitrogens is 3. The predicted molar refractivity (Wildman–Crippen MR) is 179 cm³/mol. The number of nitrogens with zero attached hydrogens (tertiary/aromatic N) is 3. The normalized spacial score (nSPS) is 11.4. The van der Waals surface area contributed by atoms with E-state index in [2.05, 4.69) is 20.8 Å². The maximum absolute atomic E-state index is 13.4. The third kappa shape index (κ3) is 9.56. The van der Waals surface area contributed by atoms with E-state index in [1.807, 2.05) is 34.9 Å². The minimum Gasteiger partial charge on any atom is -0.484 e. The molecular formula is C32H34ClN5O7S2. The lowest BCUT2D eigenvalue weighted by molar-refractivity contribution is -0.123. The second kappa shape index (κ2) is 17.0. The van der Waals surface area contributed by atoms with Gasteiger partial charge in [0.2, 0.25) is 5.91 Å². The SMILES string of the molecule is CCOC(=O)c1sc(NC(=O)C(C)Sc2nnc(CNC(=O)COc3ccc(Cl)cc3)n2Cc2ccccc2)c(C(=O)OCC)c1C. The number of halogens is 1. The fraction of sp³-hybridized carbons (Fsp3) is 0.312. The summed E-state index contributed by atoms with van der Waals surface area (Å²) < 4.78 is 17.7. The fourth-order valence-corrected chi connectivity index (χ4v) is 6.32. The van der Waals surface area contributed by atoms with Crippen LogP contribution in [-0.4, -0.2) is 63.6 Å². The molecule has 47 heavy (non-hydrogen) atoms. The van der Waals surface area contributed by atoms with Gasteiger partial charge in [-0.15, -0.1) is 21.5 Å². The van der Waals surface area contributed by atoms with Crippen LogP contribution < -0.4 is 15.4 Å². The van der Waals surface area contributed by atoms with Crippen LogP contribution >= 0.6 is 34.7 Å². The molecule has 2 amide bonds. The summed E-state index contributed by atoms with van der Waals surface area (Å²) in [6, 6.07) is 16.3. The maximum Gasteiger partial charge on any atom is 0.348 e. The highest BCUT2D eigenvalue weighted by Gasteiger charge is 2.29. The highest BCUT2D eigenvalue weighted by molar-refractivity contribution is 8.00. The van der Waals surface area contributed by atoms with E-state index in [4.69, 9.17) is 25.8 Å². The van der Waals surface area contributed by atoms with Crippen molar-refractivity contribution in [2.75, 3.05) is 25.1 Å². The number of rotatable bonds is 15. The van der Waals surface area contributed by atoms with E-state index < -0.39 is 23.1 Å². The monoisotopic (exact) mass is 699 g/mol. The van der Waals surface area contributed by atoms with Gasteiger partial charge in [-0.1, -0.05) is 53.7 Å². The Morgan fingerprint density at radius 3 is 2.34 bits per heavy atom. The van der Waals surface area contributed by atoms with E-state index in [1.54, 1.807) is 52.0 Å². The smallest absolute Gasteiger partial charge is 0.348 e. The van der Waals surface area contributed by atoms with Gasteiger partial charge in [0, 0.05) is 5.02 Å². The molecule has 4 aromatic rings. The van der Waals surface area contributed by atoms with E-state index in [0.717, 1.165) is 28.7 Å². The molecule has 1 atom stereocenters. The number of thioether (sulfide) groups is 1. The van der Waals surface area contributed by atoms with Crippen LogP contribution in [0.1, 0.15) is 57.8 Å². The standard InChI is InChI=1S/C32H34ClN5O7S2/c1-5-43-30(41)26-19(3)27(31(42)44-6-2)47-29(26)35-28(40)20(4)46-32-37-36-24(38(32)17-21-10-8-7-9-11-21)16-34-25(39)18-45-23-14-12-22(33)13-15-23/h7-15,20H,5-6,16-18H2,1-4H3,(H,34,39)(H,35,40). The topological polar surface area (TPSA) is 151 Å². The number of carbonyl (C=O) groups excluding carboxylic acids is 4. The average Bonchev–Trinajstić information content (AvgIpc) is 3.59. The first-order valence-corrected chi connectivity index (χ1v) is 16.7. The van der Waals surface area contributed by atoms with Gasteiger partial charge in [-0.05, 0) is 63.1 Å². The zero-order chi connectivity index (χ0) is 33.9. The van der Waals surface area contributed by atoms with Gasteiger partial charge in [0.25, 0.3) is 5.91 Å². The molecule has 1 unspecified atom stereocenters. The minimum absolute atomic E-state index is 0.0673. The van der Waals surface area contributed by atoms with Crippen LogP contribution in [0.5, 0.6) is 5.75 Å². The Morgan fingerprint density at radius 2 is 1.66 bits per heavy atom. The first-order valence-electron chi connectivity index (χ1n) is 14.7. The van der Waals surface area contributed by atoms with E-state index in [1.165, 1.54) is 0 Å². The van der Waals surface area contributed by atoms with Crippen LogP contribution in [0.4, 0.5) is 5.00 Å². The quantitative estimate of drug-likeness (QED) is 0.120. The molecule has 248 valence electrons. The molecule has 2 N–H and O–H groups in total. The number of hydrogen-bond acceptors (Lipinski definition) is 11. The van der Waals surface area contributed by atoms with Gasteiger partial charge in [-0.3, -0.25) is 9.59 Å². The lowest BCUT2D eigenvalue weighted by atomic mass is 10.1. The summed E-state index contributed by atoms with van der Waals surface area (Å²) >= 11 is 8.01. The molecule has 12 nitrogen and oxygen atoms in total. The van der Waals surface area contributed by atoms with Crippen molar-refractivity contribution in [2.24, 2.45) is 0 Å². The molecule has 0 aliphatic rings. The second-order valence-electron chi connectivity index (χ2n) is 9.94. The number of anilines is 1. The van der Waals surface area contributed by atoms with Crippen LogP contribution in [0.3, 0.4) is 0 Å². The van der Waals surface area contributed by atoms with Gasteiger partial charge in [0.1, 0.15) is 15.6 Å². The van der Waals surface area contributed by atoms with Crippen molar-refractivity contribution < 1.29 is 33.4 Å². The molecule has 0 saturated heterocycles. The molecule has 15 heteroatoms.